The molecule has 26 heavy (non-hydrogen) atoms. The zero-order chi connectivity index (χ0) is 18.3. The summed E-state index contributed by atoms with van der Waals surface area (Å²) in [5, 5.41) is 1.48. The number of nitrogens with zero attached hydrogens (tertiary/aromatic N) is 5. The fourth-order valence-corrected chi connectivity index (χ4v) is 3.51. The Labute approximate surface area is 154 Å². The number of fused-ring (bicyclic) bond motifs is 1. The van der Waals surface area contributed by atoms with Gasteiger partial charge in [0.1, 0.15) is 5.82 Å². The molecular formula is C19H17N5OS. The van der Waals surface area contributed by atoms with Gasteiger partial charge in [-0.25, -0.2) is 9.97 Å². The summed E-state index contributed by atoms with van der Waals surface area (Å²) < 4.78 is 2.03. The number of thiazole rings is 1. The van der Waals surface area contributed by atoms with Crippen LogP contribution in [0, 0.1) is 13.8 Å². The normalized spacial score (nSPS) is 11.2. The Morgan fingerprint density at radius 3 is 2.58 bits per heavy atom. The predicted molar refractivity (Wildman–Crippen MR) is 101 cm³/mol. The summed E-state index contributed by atoms with van der Waals surface area (Å²) >= 11 is 1.41. The molecule has 0 atom stereocenters. The Kier molecular flexibility index (Phi) is 4.08. The standard InChI is InChI=1S/C19H17N5OS/c1-11-7-23-19(26-11)18(25)6-15-5-13-4-14(8-22-16(13)9-21-15)17-10-20-12(2)24(17)3/h4-5,7-10H,6H2,1-3H3. The minimum Gasteiger partial charge on any atom is -0.331 e. The third-order valence-corrected chi connectivity index (χ3v) is 5.30. The zero-order valence-corrected chi connectivity index (χ0v) is 15.5. The van der Waals surface area contributed by atoms with Crippen LogP contribution < -0.4 is 0 Å². The molecule has 0 unspecified atom stereocenters. The lowest BCUT2D eigenvalue weighted by molar-refractivity contribution is 0.0991. The molecule has 0 saturated carbocycles. The molecule has 4 heterocycles. The van der Waals surface area contributed by atoms with E-state index in [2.05, 4.69) is 26.0 Å². The van der Waals surface area contributed by atoms with E-state index in [1.807, 2.05) is 43.9 Å². The van der Waals surface area contributed by atoms with Crippen LogP contribution in [0.5, 0.6) is 0 Å². The molecule has 0 aliphatic rings. The highest BCUT2D eigenvalue weighted by atomic mass is 32.1. The number of carbonyl (C=O) groups is 1. The number of ketones is 1. The first-order valence-electron chi connectivity index (χ1n) is 8.20. The number of rotatable bonds is 4. The molecule has 0 radical (unpaired) electrons. The fraction of sp³-hybridized carbons (Fsp3) is 0.211. The quantitative estimate of drug-likeness (QED) is 0.519. The molecule has 0 N–H and O–H groups in total. The lowest BCUT2D eigenvalue weighted by atomic mass is 10.1. The molecule has 130 valence electrons. The SMILES string of the molecule is Cc1cnc(C(=O)Cc2cc3cc(-c4cnc(C)n4C)cnc3cn2)s1. The van der Waals surface area contributed by atoms with Crippen LogP contribution in [0.4, 0.5) is 0 Å². The summed E-state index contributed by atoms with van der Waals surface area (Å²) in [5.41, 5.74) is 3.51. The van der Waals surface area contributed by atoms with Gasteiger partial charge >= 0.3 is 0 Å². The van der Waals surface area contributed by atoms with Gasteiger partial charge in [-0.1, -0.05) is 0 Å². The molecule has 7 heteroatoms. The summed E-state index contributed by atoms with van der Waals surface area (Å²) in [6.07, 6.45) is 7.33. The van der Waals surface area contributed by atoms with Gasteiger partial charge < -0.3 is 4.57 Å². The van der Waals surface area contributed by atoms with E-state index >= 15 is 0 Å². The predicted octanol–water partition coefficient (Wildman–Crippen LogP) is 3.53. The van der Waals surface area contributed by atoms with Crippen molar-refractivity contribution in [2.45, 2.75) is 20.3 Å². The molecule has 0 fully saturated rings. The van der Waals surface area contributed by atoms with Crippen molar-refractivity contribution in [1.82, 2.24) is 24.5 Å². The van der Waals surface area contributed by atoms with E-state index in [1.165, 1.54) is 11.3 Å². The van der Waals surface area contributed by atoms with Crippen molar-refractivity contribution in [2.24, 2.45) is 7.05 Å². The zero-order valence-electron chi connectivity index (χ0n) is 14.7. The van der Waals surface area contributed by atoms with Crippen molar-refractivity contribution in [3.05, 3.63) is 58.3 Å². The summed E-state index contributed by atoms with van der Waals surface area (Å²) in [6, 6.07) is 3.98. The number of hydrogen-bond acceptors (Lipinski definition) is 6. The maximum Gasteiger partial charge on any atom is 0.197 e. The average molecular weight is 363 g/mol. The second-order valence-electron chi connectivity index (χ2n) is 6.22. The third-order valence-electron chi connectivity index (χ3n) is 4.34. The lowest BCUT2D eigenvalue weighted by Crippen LogP contribution is -2.04. The van der Waals surface area contributed by atoms with E-state index < -0.39 is 0 Å². The Bertz CT molecular complexity index is 1130. The van der Waals surface area contributed by atoms with Crippen LogP contribution in [-0.4, -0.2) is 30.3 Å². The molecule has 0 saturated heterocycles. The first-order chi connectivity index (χ1) is 12.5. The number of aromatic nitrogens is 5. The first kappa shape index (κ1) is 16.5. The van der Waals surface area contributed by atoms with Gasteiger partial charge in [-0.3, -0.25) is 14.8 Å². The Morgan fingerprint density at radius 2 is 1.88 bits per heavy atom. The minimum absolute atomic E-state index is 0.0127. The van der Waals surface area contributed by atoms with Crippen molar-refractivity contribution in [3.63, 3.8) is 0 Å². The van der Waals surface area contributed by atoms with E-state index in [1.54, 1.807) is 12.4 Å². The summed E-state index contributed by atoms with van der Waals surface area (Å²) in [6.45, 7) is 3.90. The van der Waals surface area contributed by atoms with Crippen LogP contribution >= 0.6 is 11.3 Å². The van der Waals surface area contributed by atoms with Crippen molar-refractivity contribution < 1.29 is 4.79 Å². The van der Waals surface area contributed by atoms with E-state index in [0.29, 0.717) is 5.01 Å². The molecule has 0 aromatic carbocycles. The van der Waals surface area contributed by atoms with Gasteiger partial charge in [0.05, 0.1) is 30.0 Å². The molecule has 4 aromatic rings. The van der Waals surface area contributed by atoms with Gasteiger partial charge in [0.25, 0.3) is 0 Å². The first-order valence-corrected chi connectivity index (χ1v) is 9.02. The largest absolute Gasteiger partial charge is 0.331 e. The molecule has 4 rings (SSSR count). The van der Waals surface area contributed by atoms with E-state index in [0.717, 1.165) is 38.6 Å². The Morgan fingerprint density at radius 1 is 1.04 bits per heavy atom. The van der Waals surface area contributed by atoms with Crippen LogP contribution in [0.2, 0.25) is 0 Å². The topological polar surface area (TPSA) is 73.6 Å². The van der Waals surface area contributed by atoms with Gasteiger partial charge in [0.2, 0.25) is 0 Å². The van der Waals surface area contributed by atoms with Gasteiger partial charge in [-0.2, -0.15) is 0 Å². The number of aryl methyl sites for hydroxylation is 2. The molecule has 0 aliphatic heterocycles. The van der Waals surface area contributed by atoms with Crippen LogP contribution in [0.1, 0.15) is 26.2 Å². The minimum atomic E-state index is -0.0127. The average Bonchev–Trinajstić information content (AvgIpc) is 3.21. The summed E-state index contributed by atoms with van der Waals surface area (Å²) in [7, 11) is 1.98. The van der Waals surface area contributed by atoms with Crippen molar-refractivity contribution in [1.29, 1.82) is 0 Å². The summed E-state index contributed by atoms with van der Waals surface area (Å²) in [4.78, 5) is 30.8. The summed E-state index contributed by atoms with van der Waals surface area (Å²) in [5.74, 6) is 0.932. The molecule has 6 nitrogen and oxygen atoms in total. The Hall–Kier alpha value is -2.93. The Balaban J connectivity index is 1.67. The molecule has 0 bridgehead atoms. The van der Waals surface area contributed by atoms with E-state index in [4.69, 9.17) is 0 Å². The second-order valence-corrected chi connectivity index (χ2v) is 7.45. The van der Waals surface area contributed by atoms with Crippen LogP contribution in [0.3, 0.4) is 0 Å². The maximum atomic E-state index is 12.4. The highest BCUT2D eigenvalue weighted by Crippen LogP contribution is 2.23. The number of carbonyl (C=O) groups excluding carboxylic acids is 1. The number of Topliss-reactive ketones (excluding diaryl/α,β-unsaturated/α-hetero) is 1. The molecule has 0 amide bonds. The number of hydrogen-bond donors (Lipinski definition) is 0. The highest BCUT2D eigenvalue weighted by Gasteiger charge is 2.13. The van der Waals surface area contributed by atoms with Gasteiger partial charge in [0, 0.05) is 41.0 Å². The van der Waals surface area contributed by atoms with E-state index in [9.17, 15) is 4.79 Å². The number of pyridine rings is 2. The van der Waals surface area contributed by atoms with Crippen LogP contribution in [-0.2, 0) is 13.5 Å². The fourth-order valence-electron chi connectivity index (χ4n) is 2.81. The van der Waals surface area contributed by atoms with Gasteiger partial charge in [-0.05, 0) is 26.0 Å². The van der Waals surface area contributed by atoms with Crippen LogP contribution in [0.25, 0.3) is 22.2 Å². The third kappa shape index (κ3) is 3.01. The van der Waals surface area contributed by atoms with Crippen molar-refractivity contribution in [3.8, 4) is 11.3 Å². The highest BCUT2D eigenvalue weighted by molar-refractivity contribution is 7.13. The van der Waals surface area contributed by atoms with Gasteiger partial charge in [-0.15, -0.1) is 11.3 Å². The molecule has 4 aromatic heterocycles. The van der Waals surface area contributed by atoms with Crippen molar-refractivity contribution in [2.75, 3.05) is 0 Å². The maximum absolute atomic E-state index is 12.4. The number of imidazole rings is 1. The van der Waals surface area contributed by atoms with E-state index in [-0.39, 0.29) is 12.2 Å². The van der Waals surface area contributed by atoms with Gasteiger partial charge in [0.15, 0.2) is 10.8 Å². The molecular weight excluding hydrogens is 346 g/mol. The lowest BCUT2D eigenvalue weighted by Gasteiger charge is -2.06. The smallest absolute Gasteiger partial charge is 0.197 e. The molecule has 0 aliphatic carbocycles. The van der Waals surface area contributed by atoms with Crippen LogP contribution in [0.15, 0.2) is 36.9 Å². The second kappa shape index (κ2) is 6.42. The molecule has 0 spiro atoms. The monoisotopic (exact) mass is 363 g/mol. The van der Waals surface area contributed by atoms with Crippen molar-refractivity contribution >= 4 is 28.0 Å².